The minimum Gasteiger partial charge on any atom is -0.461 e. The van der Waals surface area contributed by atoms with Crippen LogP contribution in [0.2, 0.25) is 0 Å². The van der Waals surface area contributed by atoms with E-state index in [9.17, 15) is 14.4 Å². The van der Waals surface area contributed by atoms with Crippen molar-refractivity contribution in [2.45, 2.75) is 71.8 Å². The molecule has 1 N–H and O–H groups in total. The van der Waals surface area contributed by atoms with E-state index in [1.807, 2.05) is 30.3 Å². The summed E-state index contributed by atoms with van der Waals surface area (Å²) >= 11 is 0. The van der Waals surface area contributed by atoms with Gasteiger partial charge in [0.1, 0.15) is 23.9 Å². The Labute approximate surface area is 160 Å². The van der Waals surface area contributed by atoms with Crippen molar-refractivity contribution in [1.82, 2.24) is 5.32 Å². The van der Waals surface area contributed by atoms with Gasteiger partial charge in [-0.3, -0.25) is 4.79 Å². The van der Waals surface area contributed by atoms with E-state index in [4.69, 9.17) is 14.2 Å². The van der Waals surface area contributed by atoms with Crippen molar-refractivity contribution in [2.24, 2.45) is 0 Å². The number of nitrogens with one attached hydrogen (secondary N) is 1. The Morgan fingerprint density at radius 2 is 1.48 bits per heavy atom. The third kappa shape index (κ3) is 10.2. The van der Waals surface area contributed by atoms with Gasteiger partial charge in [0.25, 0.3) is 0 Å². The van der Waals surface area contributed by atoms with E-state index in [1.165, 1.54) is 0 Å². The van der Waals surface area contributed by atoms with Crippen molar-refractivity contribution in [3.63, 3.8) is 0 Å². The fourth-order valence-corrected chi connectivity index (χ4v) is 1.98. The number of carbonyl (C=O) groups excluding carboxylic acids is 3. The molecule has 7 nitrogen and oxygen atoms in total. The molecule has 1 aromatic rings. The normalized spacial score (nSPS) is 12.7. The zero-order valence-electron chi connectivity index (χ0n) is 16.8. The van der Waals surface area contributed by atoms with Crippen LogP contribution in [0.3, 0.4) is 0 Å². The predicted molar refractivity (Wildman–Crippen MR) is 99.9 cm³/mol. The molecule has 0 spiro atoms. The van der Waals surface area contributed by atoms with Gasteiger partial charge in [-0.15, -0.1) is 0 Å². The molecular formula is C20H29NO6. The fraction of sp³-hybridized carbons (Fsp3) is 0.550. The summed E-state index contributed by atoms with van der Waals surface area (Å²) < 4.78 is 15.6. The first-order valence-corrected chi connectivity index (χ1v) is 8.78. The van der Waals surface area contributed by atoms with Crippen LogP contribution < -0.4 is 5.32 Å². The number of rotatable bonds is 6. The summed E-state index contributed by atoms with van der Waals surface area (Å²) in [4.78, 5) is 36.5. The summed E-state index contributed by atoms with van der Waals surface area (Å²) in [6, 6.07) is 7.94. The van der Waals surface area contributed by atoms with Crippen LogP contribution in [0.5, 0.6) is 0 Å². The highest BCUT2D eigenvalue weighted by atomic mass is 16.6. The number of benzene rings is 1. The Hall–Kier alpha value is -2.57. The monoisotopic (exact) mass is 379 g/mol. The molecule has 0 aromatic heterocycles. The predicted octanol–water partition coefficient (Wildman–Crippen LogP) is 3.35. The van der Waals surface area contributed by atoms with Crippen molar-refractivity contribution < 1.29 is 28.6 Å². The molecule has 0 bridgehead atoms. The largest absolute Gasteiger partial charge is 0.461 e. The molecule has 7 heteroatoms. The van der Waals surface area contributed by atoms with Gasteiger partial charge in [0.2, 0.25) is 0 Å². The SMILES string of the molecule is CC(C)(C)OC(=O)N[C@H](CC(=O)OCc1ccccc1)C(=O)OC(C)(C)C. The molecule has 1 atom stereocenters. The molecule has 0 saturated carbocycles. The standard InChI is InChI=1S/C20H29NO6/c1-19(2,3)26-17(23)15(21-18(24)27-20(4,5)6)12-16(22)25-13-14-10-8-7-9-11-14/h7-11,15H,12-13H2,1-6H3,(H,21,24)/t15-/m1/s1. The Bertz CT molecular complexity index is 643. The van der Waals surface area contributed by atoms with Gasteiger partial charge in [0.15, 0.2) is 0 Å². The Morgan fingerprint density at radius 3 is 2.00 bits per heavy atom. The van der Waals surface area contributed by atoms with Crippen molar-refractivity contribution in [1.29, 1.82) is 0 Å². The molecule has 1 rings (SSSR count). The Kier molecular flexibility index (Phi) is 7.82. The van der Waals surface area contributed by atoms with Crippen LogP contribution in [0.1, 0.15) is 53.5 Å². The lowest BCUT2D eigenvalue weighted by Gasteiger charge is -2.25. The van der Waals surface area contributed by atoms with Crippen molar-refractivity contribution in [3.8, 4) is 0 Å². The summed E-state index contributed by atoms with van der Waals surface area (Å²) in [7, 11) is 0. The van der Waals surface area contributed by atoms with Crippen molar-refractivity contribution in [2.75, 3.05) is 0 Å². The average molecular weight is 379 g/mol. The lowest BCUT2D eigenvalue weighted by atomic mass is 10.1. The zero-order valence-corrected chi connectivity index (χ0v) is 16.8. The zero-order chi connectivity index (χ0) is 20.7. The minimum atomic E-state index is -1.21. The highest BCUT2D eigenvalue weighted by Gasteiger charge is 2.31. The number of ether oxygens (including phenoxy) is 3. The average Bonchev–Trinajstić information content (AvgIpc) is 2.50. The van der Waals surface area contributed by atoms with E-state index < -0.39 is 35.3 Å². The number of esters is 2. The fourth-order valence-electron chi connectivity index (χ4n) is 1.98. The van der Waals surface area contributed by atoms with Crippen LogP contribution in [0, 0.1) is 0 Å². The second-order valence-electron chi connectivity index (χ2n) is 8.08. The van der Waals surface area contributed by atoms with Gasteiger partial charge < -0.3 is 19.5 Å². The van der Waals surface area contributed by atoms with E-state index in [2.05, 4.69) is 5.32 Å². The minimum absolute atomic E-state index is 0.0765. The van der Waals surface area contributed by atoms with Crippen LogP contribution in [0.25, 0.3) is 0 Å². The summed E-state index contributed by atoms with van der Waals surface area (Å²) in [6.07, 6.45) is -1.17. The summed E-state index contributed by atoms with van der Waals surface area (Å²) in [5, 5.41) is 2.39. The van der Waals surface area contributed by atoms with Crippen LogP contribution in [0.15, 0.2) is 30.3 Å². The lowest BCUT2D eigenvalue weighted by molar-refractivity contribution is -0.161. The third-order valence-corrected chi connectivity index (χ3v) is 3.00. The lowest BCUT2D eigenvalue weighted by Crippen LogP contribution is -2.47. The maximum Gasteiger partial charge on any atom is 0.408 e. The molecule has 0 radical (unpaired) electrons. The first-order valence-electron chi connectivity index (χ1n) is 8.78. The molecule has 0 aliphatic heterocycles. The van der Waals surface area contributed by atoms with E-state index >= 15 is 0 Å². The van der Waals surface area contributed by atoms with E-state index in [-0.39, 0.29) is 13.0 Å². The van der Waals surface area contributed by atoms with Crippen molar-refractivity contribution in [3.05, 3.63) is 35.9 Å². The molecule has 27 heavy (non-hydrogen) atoms. The first kappa shape index (κ1) is 22.5. The quantitative estimate of drug-likeness (QED) is 0.602. The molecule has 0 aliphatic rings. The number of amides is 1. The number of alkyl carbamates (subject to hydrolysis) is 1. The molecular weight excluding hydrogens is 350 g/mol. The number of carbonyl (C=O) groups is 3. The van der Waals surface area contributed by atoms with E-state index in [1.54, 1.807) is 41.5 Å². The molecule has 150 valence electrons. The van der Waals surface area contributed by atoms with E-state index in [0.717, 1.165) is 5.56 Å². The van der Waals surface area contributed by atoms with Gasteiger partial charge in [-0.1, -0.05) is 30.3 Å². The molecule has 0 saturated heterocycles. The Morgan fingerprint density at radius 1 is 0.926 bits per heavy atom. The second-order valence-corrected chi connectivity index (χ2v) is 8.08. The van der Waals surface area contributed by atoms with Gasteiger partial charge in [-0.05, 0) is 47.1 Å². The van der Waals surface area contributed by atoms with Crippen LogP contribution >= 0.6 is 0 Å². The second kappa shape index (κ2) is 9.39. The Balaban J connectivity index is 2.72. The first-order chi connectivity index (χ1) is 12.4. The highest BCUT2D eigenvalue weighted by molar-refractivity contribution is 5.86. The smallest absolute Gasteiger partial charge is 0.408 e. The van der Waals surface area contributed by atoms with Gasteiger partial charge in [0, 0.05) is 0 Å². The maximum absolute atomic E-state index is 12.4. The van der Waals surface area contributed by atoms with Gasteiger partial charge in [-0.2, -0.15) is 0 Å². The van der Waals surface area contributed by atoms with Crippen LogP contribution in [-0.4, -0.2) is 35.3 Å². The molecule has 0 unspecified atom stereocenters. The van der Waals surface area contributed by atoms with Gasteiger partial charge >= 0.3 is 18.0 Å². The maximum atomic E-state index is 12.4. The molecule has 0 fully saturated rings. The third-order valence-electron chi connectivity index (χ3n) is 3.00. The van der Waals surface area contributed by atoms with Crippen molar-refractivity contribution >= 4 is 18.0 Å². The molecule has 0 heterocycles. The van der Waals surface area contributed by atoms with E-state index in [0.29, 0.717) is 0 Å². The summed E-state index contributed by atoms with van der Waals surface area (Å²) in [5.74, 6) is -1.37. The number of hydrogen-bond acceptors (Lipinski definition) is 6. The number of hydrogen-bond donors (Lipinski definition) is 1. The topological polar surface area (TPSA) is 90.9 Å². The van der Waals surface area contributed by atoms with Gasteiger partial charge in [0.05, 0.1) is 6.42 Å². The highest BCUT2D eigenvalue weighted by Crippen LogP contribution is 2.12. The molecule has 0 aliphatic carbocycles. The molecule has 1 aromatic carbocycles. The van der Waals surface area contributed by atoms with Crippen LogP contribution in [-0.2, 0) is 30.4 Å². The summed E-state index contributed by atoms with van der Waals surface area (Å²) in [6.45, 7) is 10.3. The van der Waals surface area contributed by atoms with Crippen LogP contribution in [0.4, 0.5) is 4.79 Å². The van der Waals surface area contributed by atoms with Gasteiger partial charge in [-0.25, -0.2) is 9.59 Å². The molecule has 1 amide bonds. The summed E-state index contributed by atoms with van der Waals surface area (Å²) in [5.41, 5.74) is -0.685.